The molecule has 1 aliphatic rings. The summed E-state index contributed by atoms with van der Waals surface area (Å²) in [6, 6.07) is 9.20. The topological polar surface area (TPSA) is 114 Å². The van der Waals surface area contributed by atoms with Crippen molar-refractivity contribution in [1.29, 1.82) is 0 Å². The fourth-order valence-electron chi connectivity index (χ4n) is 4.33. The number of benzene rings is 1. The van der Waals surface area contributed by atoms with Crippen molar-refractivity contribution in [2.45, 2.75) is 26.3 Å². The number of aliphatic hydroxyl groups excluding tert-OH is 1. The van der Waals surface area contributed by atoms with E-state index in [2.05, 4.69) is 4.98 Å². The SMILES string of the molecule is CCOc1cc(C2/C(=C(\O)c3c(C)nc4ccccn34)C(=O)C(=O)N2CCCOC)ccc1O. The van der Waals surface area contributed by atoms with E-state index in [9.17, 15) is 19.8 Å². The fraction of sp³-hybridized carbons (Fsp3) is 0.320. The minimum atomic E-state index is -0.870. The first-order chi connectivity index (χ1) is 16.4. The number of carbonyl (C=O) groups excluding carboxylic acids is 2. The highest BCUT2D eigenvalue weighted by Gasteiger charge is 2.46. The number of pyridine rings is 1. The van der Waals surface area contributed by atoms with Gasteiger partial charge in [-0.25, -0.2) is 4.98 Å². The van der Waals surface area contributed by atoms with Crippen LogP contribution >= 0.6 is 0 Å². The number of fused-ring (bicyclic) bond motifs is 1. The smallest absolute Gasteiger partial charge is 0.295 e. The van der Waals surface area contributed by atoms with E-state index in [4.69, 9.17) is 9.47 Å². The summed E-state index contributed by atoms with van der Waals surface area (Å²) >= 11 is 0. The number of ketones is 1. The number of aromatic nitrogens is 2. The molecule has 2 N–H and O–H groups in total. The molecule has 1 saturated heterocycles. The molecule has 9 nitrogen and oxygen atoms in total. The third-order valence-corrected chi connectivity index (χ3v) is 5.82. The molecule has 4 rings (SSSR count). The zero-order valence-electron chi connectivity index (χ0n) is 19.3. The summed E-state index contributed by atoms with van der Waals surface area (Å²) < 4.78 is 12.3. The van der Waals surface area contributed by atoms with Gasteiger partial charge in [-0.15, -0.1) is 0 Å². The van der Waals surface area contributed by atoms with E-state index in [-0.39, 0.29) is 29.4 Å². The summed E-state index contributed by atoms with van der Waals surface area (Å²) in [7, 11) is 1.56. The van der Waals surface area contributed by atoms with Gasteiger partial charge in [0.25, 0.3) is 11.7 Å². The molecule has 3 heterocycles. The van der Waals surface area contributed by atoms with Crippen LogP contribution in [-0.4, -0.2) is 63.1 Å². The molecule has 1 atom stereocenters. The number of rotatable bonds is 8. The second-order valence-electron chi connectivity index (χ2n) is 7.97. The Morgan fingerprint density at radius 2 is 2.00 bits per heavy atom. The number of Topliss-reactive ketones (excluding diaryl/α,β-unsaturated/α-hetero) is 1. The minimum Gasteiger partial charge on any atom is -0.505 e. The molecule has 1 fully saturated rings. The monoisotopic (exact) mass is 465 g/mol. The van der Waals surface area contributed by atoms with Gasteiger partial charge in [0.2, 0.25) is 0 Å². The van der Waals surface area contributed by atoms with Crippen LogP contribution in [0.3, 0.4) is 0 Å². The molecule has 2 aromatic heterocycles. The van der Waals surface area contributed by atoms with Crippen molar-refractivity contribution >= 4 is 23.1 Å². The fourth-order valence-corrected chi connectivity index (χ4v) is 4.33. The van der Waals surface area contributed by atoms with Crippen LogP contribution in [0, 0.1) is 6.92 Å². The van der Waals surface area contributed by atoms with Gasteiger partial charge in [0.05, 0.1) is 23.9 Å². The van der Waals surface area contributed by atoms with Gasteiger partial charge in [-0.2, -0.15) is 0 Å². The Labute approximate surface area is 196 Å². The van der Waals surface area contributed by atoms with Crippen LogP contribution in [0.25, 0.3) is 11.4 Å². The average molecular weight is 466 g/mol. The lowest BCUT2D eigenvalue weighted by atomic mass is 9.96. The Morgan fingerprint density at radius 1 is 1.21 bits per heavy atom. The summed E-state index contributed by atoms with van der Waals surface area (Å²) in [5.74, 6) is -1.62. The van der Waals surface area contributed by atoms with Crippen molar-refractivity contribution in [3.05, 3.63) is 65.1 Å². The van der Waals surface area contributed by atoms with Crippen LogP contribution in [0.5, 0.6) is 11.5 Å². The quantitative estimate of drug-likeness (QED) is 0.227. The van der Waals surface area contributed by atoms with Gasteiger partial charge in [0, 0.05) is 26.5 Å². The Balaban J connectivity index is 1.92. The zero-order chi connectivity index (χ0) is 24.4. The maximum atomic E-state index is 13.2. The van der Waals surface area contributed by atoms with Crippen LogP contribution in [0.1, 0.15) is 36.3 Å². The van der Waals surface area contributed by atoms with Crippen LogP contribution in [0.15, 0.2) is 48.2 Å². The number of likely N-dealkylation sites (tertiary alicyclic amines) is 1. The summed E-state index contributed by atoms with van der Waals surface area (Å²) in [6.45, 7) is 4.50. The Hall–Kier alpha value is -3.85. The number of hydrogen-bond donors (Lipinski definition) is 2. The molecule has 0 saturated carbocycles. The van der Waals surface area contributed by atoms with Crippen molar-refractivity contribution < 1.29 is 29.3 Å². The number of aryl methyl sites for hydroxylation is 1. The summed E-state index contributed by atoms with van der Waals surface area (Å²) in [5, 5.41) is 21.6. The molecule has 9 heteroatoms. The van der Waals surface area contributed by atoms with Gasteiger partial charge in [-0.05, 0) is 50.1 Å². The van der Waals surface area contributed by atoms with Crippen LogP contribution < -0.4 is 4.74 Å². The number of ether oxygens (including phenoxy) is 2. The first-order valence-electron chi connectivity index (χ1n) is 11.1. The lowest BCUT2D eigenvalue weighted by Crippen LogP contribution is -2.31. The molecule has 1 aliphatic heterocycles. The lowest BCUT2D eigenvalue weighted by Gasteiger charge is -2.25. The average Bonchev–Trinajstić information content (AvgIpc) is 3.29. The maximum Gasteiger partial charge on any atom is 0.295 e. The molecule has 0 spiro atoms. The highest BCUT2D eigenvalue weighted by molar-refractivity contribution is 6.46. The van der Waals surface area contributed by atoms with E-state index in [1.165, 1.54) is 11.0 Å². The van der Waals surface area contributed by atoms with E-state index in [0.717, 1.165) is 0 Å². The Bertz CT molecular complexity index is 1280. The largest absolute Gasteiger partial charge is 0.505 e. The molecule has 1 aromatic carbocycles. The minimum absolute atomic E-state index is 0.0377. The summed E-state index contributed by atoms with van der Waals surface area (Å²) in [6.07, 6.45) is 2.24. The third-order valence-electron chi connectivity index (χ3n) is 5.82. The highest BCUT2D eigenvalue weighted by Crippen LogP contribution is 2.42. The maximum absolute atomic E-state index is 13.2. The van der Waals surface area contributed by atoms with E-state index >= 15 is 0 Å². The van der Waals surface area contributed by atoms with Crippen LogP contribution in [0.2, 0.25) is 0 Å². The standard InChI is InChI=1S/C25H27N3O6/c1-4-34-18-14-16(9-10-17(18)29)22-20(24(31)25(32)28(22)12-7-13-33-3)23(30)21-15(2)26-19-8-5-6-11-27(19)21/h5-6,8-11,14,22,29-30H,4,7,12-13H2,1-3H3/b23-20+. The number of carbonyl (C=O) groups is 2. The van der Waals surface area contributed by atoms with Crippen molar-refractivity contribution in [1.82, 2.24) is 14.3 Å². The number of nitrogens with zero attached hydrogens (tertiary/aromatic N) is 3. The summed E-state index contributed by atoms with van der Waals surface area (Å²) in [5.41, 5.74) is 1.97. The molecular weight excluding hydrogens is 438 g/mol. The predicted molar refractivity (Wildman–Crippen MR) is 125 cm³/mol. The highest BCUT2D eigenvalue weighted by atomic mass is 16.5. The second-order valence-corrected chi connectivity index (χ2v) is 7.97. The molecule has 0 radical (unpaired) electrons. The summed E-state index contributed by atoms with van der Waals surface area (Å²) in [4.78, 5) is 32.2. The van der Waals surface area contributed by atoms with Gasteiger partial charge in [0.1, 0.15) is 11.3 Å². The van der Waals surface area contributed by atoms with Crippen LogP contribution in [0.4, 0.5) is 0 Å². The van der Waals surface area contributed by atoms with Gasteiger partial charge in [-0.3, -0.25) is 14.0 Å². The van der Waals surface area contributed by atoms with Crippen molar-refractivity contribution in [2.24, 2.45) is 0 Å². The Morgan fingerprint density at radius 3 is 2.74 bits per heavy atom. The molecule has 178 valence electrons. The van der Waals surface area contributed by atoms with Crippen molar-refractivity contribution in [3.8, 4) is 11.5 Å². The number of aromatic hydroxyl groups is 1. The molecule has 34 heavy (non-hydrogen) atoms. The van der Waals surface area contributed by atoms with E-state index in [1.807, 2.05) is 6.07 Å². The van der Waals surface area contributed by atoms with E-state index in [0.29, 0.717) is 42.2 Å². The van der Waals surface area contributed by atoms with Crippen LogP contribution in [-0.2, 0) is 14.3 Å². The molecule has 3 aromatic rings. The Kier molecular flexibility index (Phi) is 6.56. The van der Waals surface area contributed by atoms with Gasteiger partial charge in [0.15, 0.2) is 17.3 Å². The molecule has 0 bridgehead atoms. The molecule has 0 aliphatic carbocycles. The number of amides is 1. The zero-order valence-corrected chi connectivity index (χ0v) is 19.3. The second kappa shape index (κ2) is 9.56. The van der Waals surface area contributed by atoms with Gasteiger partial charge in [-0.1, -0.05) is 12.1 Å². The van der Waals surface area contributed by atoms with Crippen molar-refractivity contribution in [2.75, 3.05) is 26.9 Å². The number of methoxy groups -OCH3 is 1. The predicted octanol–water partition coefficient (Wildman–Crippen LogP) is 3.21. The molecule has 1 unspecified atom stereocenters. The number of aliphatic hydroxyl groups is 1. The number of imidazole rings is 1. The normalized spacial score (nSPS) is 17.6. The van der Waals surface area contributed by atoms with E-state index in [1.54, 1.807) is 55.8 Å². The molecule has 1 amide bonds. The van der Waals surface area contributed by atoms with E-state index < -0.39 is 17.7 Å². The molecular formula is C25H27N3O6. The lowest BCUT2D eigenvalue weighted by molar-refractivity contribution is -0.140. The number of hydrogen-bond acceptors (Lipinski definition) is 7. The van der Waals surface area contributed by atoms with Gasteiger partial charge >= 0.3 is 0 Å². The third kappa shape index (κ3) is 3.99. The first kappa shape index (κ1) is 23.3. The first-order valence-corrected chi connectivity index (χ1v) is 11.1. The van der Waals surface area contributed by atoms with Crippen molar-refractivity contribution in [3.63, 3.8) is 0 Å². The number of phenols is 1. The number of phenolic OH excluding ortho intramolecular Hbond substituents is 1. The van der Waals surface area contributed by atoms with Gasteiger partial charge < -0.3 is 24.6 Å².